The maximum atomic E-state index is 12.6. The molecule has 6 heteroatoms. The highest BCUT2D eigenvalue weighted by atomic mass is 79.9. The number of hydrogen-bond acceptors (Lipinski definition) is 3. The Hall–Kier alpha value is -3.12. The van der Waals surface area contributed by atoms with Crippen LogP contribution >= 0.6 is 15.9 Å². The van der Waals surface area contributed by atoms with Crippen molar-refractivity contribution in [2.45, 2.75) is 19.8 Å². The number of carbonyl (C=O) groups is 2. The summed E-state index contributed by atoms with van der Waals surface area (Å²) in [5, 5.41) is 5.70. The van der Waals surface area contributed by atoms with E-state index >= 15 is 0 Å². The molecule has 0 fully saturated rings. The molecular weight excluding hydrogens is 444 g/mol. The van der Waals surface area contributed by atoms with Crippen molar-refractivity contribution >= 4 is 39.1 Å². The summed E-state index contributed by atoms with van der Waals surface area (Å²) in [6.45, 7) is 2.75. The molecule has 0 spiro atoms. The minimum Gasteiger partial charge on any atom is -0.492 e. The van der Waals surface area contributed by atoms with Gasteiger partial charge in [0.2, 0.25) is 0 Å². The predicted octanol–water partition coefficient (Wildman–Crippen LogP) is 6.13. The van der Waals surface area contributed by atoms with Crippen molar-refractivity contribution in [1.82, 2.24) is 0 Å². The van der Waals surface area contributed by atoms with Gasteiger partial charge in [-0.3, -0.25) is 9.59 Å². The van der Waals surface area contributed by atoms with Crippen LogP contribution in [0.1, 0.15) is 40.5 Å². The molecule has 0 aliphatic heterocycles. The third-order valence-corrected chi connectivity index (χ3v) is 4.98. The summed E-state index contributed by atoms with van der Waals surface area (Å²) in [5.41, 5.74) is 2.26. The highest BCUT2D eigenvalue weighted by molar-refractivity contribution is 9.10. The lowest BCUT2D eigenvalue weighted by atomic mass is 10.2. The Bertz CT molecular complexity index is 1020. The van der Waals surface area contributed by atoms with Crippen molar-refractivity contribution in [2.24, 2.45) is 0 Å². The van der Waals surface area contributed by atoms with E-state index in [-0.39, 0.29) is 11.8 Å². The van der Waals surface area contributed by atoms with E-state index in [1.165, 1.54) is 0 Å². The topological polar surface area (TPSA) is 67.4 Å². The zero-order valence-electron chi connectivity index (χ0n) is 16.7. The normalized spacial score (nSPS) is 10.3. The maximum Gasteiger partial charge on any atom is 0.255 e. The van der Waals surface area contributed by atoms with Gasteiger partial charge in [-0.2, -0.15) is 0 Å². The summed E-state index contributed by atoms with van der Waals surface area (Å²) >= 11 is 3.46. The lowest BCUT2D eigenvalue weighted by molar-refractivity contribution is 0.101. The molecule has 0 atom stereocenters. The van der Waals surface area contributed by atoms with Crippen LogP contribution < -0.4 is 15.4 Å². The van der Waals surface area contributed by atoms with E-state index in [1.54, 1.807) is 54.6 Å². The SMILES string of the molecule is CCCCOc1ccc(C(=O)Nc2cccc(NC(=O)c3ccccc3)c2)cc1Br. The van der Waals surface area contributed by atoms with E-state index in [4.69, 9.17) is 4.74 Å². The van der Waals surface area contributed by atoms with Gasteiger partial charge in [0.25, 0.3) is 11.8 Å². The second-order valence-electron chi connectivity index (χ2n) is 6.70. The van der Waals surface area contributed by atoms with E-state index in [9.17, 15) is 9.59 Å². The van der Waals surface area contributed by atoms with Crippen LogP contribution in [0.4, 0.5) is 11.4 Å². The largest absolute Gasteiger partial charge is 0.492 e. The number of unbranched alkanes of at least 4 members (excludes halogenated alkanes) is 1. The van der Waals surface area contributed by atoms with Crippen LogP contribution in [-0.4, -0.2) is 18.4 Å². The number of amides is 2. The molecule has 0 aliphatic rings. The van der Waals surface area contributed by atoms with Gasteiger partial charge in [-0.25, -0.2) is 0 Å². The molecule has 0 heterocycles. The van der Waals surface area contributed by atoms with Gasteiger partial charge in [-0.05, 0) is 70.9 Å². The van der Waals surface area contributed by atoms with Crippen LogP contribution in [0, 0.1) is 0 Å². The standard InChI is InChI=1S/C24H23BrN2O3/c1-2-3-14-30-22-13-12-18(15-21(22)25)24(29)27-20-11-7-10-19(16-20)26-23(28)17-8-5-4-6-9-17/h4-13,15-16H,2-3,14H2,1H3,(H,26,28)(H,27,29). The van der Waals surface area contributed by atoms with Crippen molar-refractivity contribution in [3.8, 4) is 5.75 Å². The molecule has 3 rings (SSSR count). The number of nitrogens with one attached hydrogen (secondary N) is 2. The third kappa shape index (κ3) is 5.94. The Kier molecular flexibility index (Phi) is 7.63. The summed E-state index contributed by atoms with van der Waals surface area (Å²) in [4.78, 5) is 25.0. The minimum atomic E-state index is -0.248. The van der Waals surface area contributed by atoms with Crippen molar-refractivity contribution in [3.63, 3.8) is 0 Å². The van der Waals surface area contributed by atoms with E-state index in [2.05, 4.69) is 33.5 Å². The smallest absolute Gasteiger partial charge is 0.255 e. The predicted molar refractivity (Wildman–Crippen MR) is 123 cm³/mol. The fourth-order valence-corrected chi connectivity index (χ4v) is 3.25. The first kappa shape index (κ1) is 21.6. The molecule has 3 aromatic carbocycles. The van der Waals surface area contributed by atoms with Gasteiger partial charge >= 0.3 is 0 Å². The second-order valence-corrected chi connectivity index (χ2v) is 7.56. The van der Waals surface area contributed by atoms with E-state index in [0.717, 1.165) is 17.3 Å². The maximum absolute atomic E-state index is 12.6. The first-order valence-corrected chi connectivity index (χ1v) is 10.6. The zero-order chi connectivity index (χ0) is 21.3. The number of carbonyl (C=O) groups excluding carboxylic acids is 2. The molecule has 0 saturated carbocycles. The Morgan fingerprint density at radius 2 is 1.50 bits per heavy atom. The van der Waals surface area contributed by atoms with Crippen LogP contribution in [0.15, 0.2) is 77.3 Å². The summed E-state index contributed by atoms with van der Waals surface area (Å²) in [6.07, 6.45) is 2.04. The average molecular weight is 467 g/mol. The monoisotopic (exact) mass is 466 g/mol. The van der Waals surface area contributed by atoms with Gasteiger partial charge < -0.3 is 15.4 Å². The number of benzene rings is 3. The highest BCUT2D eigenvalue weighted by Gasteiger charge is 2.11. The Morgan fingerprint density at radius 3 is 2.13 bits per heavy atom. The molecule has 0 unspecified atom stereocenters. The minimum absolute atomic E-state index is 0.207. The molecule has 2 N–H and O–H groups in total. The van der Waals surface area contributed by atoms with E-state index < -0.39 is 0 Å². The average Bonchev–Trinajstić information content (AvgIpc) is 2.76. The van der Waals surface area contributed by atoms with Crippen molar-refractivity contribution < 1.29 is 14.3 Å². The quantitative estimate of drug-likeness (QED) is 0.392. The van der Waals surface area contributed by atoms with Gasteiger partial charge in [0.15, 0.2) is 0 Å². The van der Waals surface area contributed by atoms with Crippen molar-refractivity contribution in [2.75, 3.05) is 17.2 Å². The van der Waals surface area contributed by atoms with E-state index in [1.807, 2.05) is 18.2 Å². The van der Waals surface area contributed by atoms with Crippen LogP contribution in [0.25, 0.3) is 0 Å². The van der Waals surface area contributed by atoms with Gasteiger partial charge in [0.05, 0.1) is 11.1 Å². The number of anilines is 2. The summed E-state index contributed by atoms with van der Waals surface area (Å²) in [6, 6.07) is 21.2. The van der Waals surface area contributed by atoms with Crippen LogP contribution in [-0.2, 0) is 0 Å². The molecule has 0 radical (unpaired) electrons. The molecule has 3 aromatic rings. The lowest BCUT2D eigenvalue weighted by Gasteiger charge is -2.11. The fourth-order valence-electron chi connectivity index (χ4n) is 2.76. The number of ether oxygens (including phenoxy) is 1. The zero-order valence-corrected chi connectivity index (χ0v) is 18.2. The Morgan fingerprint density at radius 1 is 0.833 bits per heavy atom. The van der Waals surface area contributed by atoms with Gasteiger partial charge in [-0.1, -0.05) is 37.6 Å². The van der Waals surface area contributed by atoms with Crippen molar-refractivity contribution in [3.05, 3.63) is 88.4 Å². The van der Waals surface area contributed by atoms with Gasteiger partial charge in [0.1, 0.15) is 5.75 Å². The van der Waals surface area contributed by atoms with Crippen LogP contribution in [0.3, 0.4) is 0 Å². The first-order valence-electron chi connectivity index (χ1n) is 9.77. The second kappa shape index (κ2) is 10.6. The molecule has 30 heavy (non-hydrogen) atoms. The highest BCUT2D eigenvalue weighted by Crippen LogP contribution is 2.27. The third-order valence-electron chi connectivity index (χ3n) is 4.36. The number of hydrogen-bond donors (Lipinski definition) is 2. The molecule has 0 aromatic heterocycles. The lowest BCUT2D eigenvalue weighted by Crippen LogP contribution is -2.14. The molecule has 2 amide bonds. The molecule has 0 saturated heterocycles. The Balaban J connectivity index is 1.65. The van der Waals surface area contributed by atoms with Gasteiger partial charge in [0, 0.05) is 22.5 Å². The van der Waals surface area contributed by atoms with Crippen LogP contribution in [0.2, 0.25) is 0 Å². The number of rotatable bonds is 8. The molecule has 0 bridgehead atoms. The summed E-state index contributed by atoms with van der Waals surface area (Å²) in [7, 11) is 0. The summed E-state index contributed by atoms with van der Waals surface area (Å²) in [5.74, 6) is 0.259. The molecular formula is C24H23BrN2O3. The molecule has 154 valence electrons. The molecule has 0 aliphatic carbocycles. The summed E-state index contributed by atoms with van der Waals surface area (Å²) < 4.78 is 6.43. The first-order chi connectivity index (χ1) is 14.6. The fraction of sp³-hybridized carbons (Fsp3) is 0.167. The van der Waals surface area contributed by atoms with Gasteiger partial charge in [-0.15, -0.1) is 0 Å². The molecule has 5 nitrogen and oxygen atoms in total. The van der Waals surface area contributed by atoms with Crippen LogP contribution in [0.5, 0.6) is 5.75 Å². The number of halogens is 1. The Labute approximate surface area is 184 Å². The van der Waals surface area contributed by atoms with E-state index in [0.29, 0.717) is 34.9 Å². The van der Waals surface area contributed by atoms with Crippen molar-refractivity contribution in [1.29, 1.82) is 0 Å².